The third-order valence-electron chi connectivity index (χ3n) is 5.45. The maximum absolute atomic E-state index is 13.1. The zero-order valence-electron chi connectivity index (χ0n) is 18.0. The quantitative estimate of drug-likeness (QED) is 0.278. The van der Waals surface area contributed by atoms with Gasteiger partial charge in [0, 0.05) is 35.2 Å². The van der Waals surface area contributed by atoms with Crippen LogP contribution in [0.25, 0.3) is 16.4 Å². The minimum absolute atomic E-state index is 0.0680. The van der Waals surface area contributed by atoms with Gasteiger partial charge in [-0.1, -0.05) is 17.8 Å². The standard InChI is InChI=1S/C23H22N4O3S2/c1-4-26-22(21-6-5-9-31-21)24-25-23(26)32-12-18(28)17-10-14(2)27(15(17)3)16-7-8-19-20(11-16)30-13-29-19/h5-11H,4,12-13H2,1-3H3. The maximum atomic E-state index is 13.1. The number of carbonyl (C=O) groups is 1. The number of fused-ring (bicyclic) bond motifs is 1. The molecule has 0 bridgehead atoms. The van der Waals surface area contributed by atoms with E-state index >= 15 is 0 Å². The van der Waals surface area contributed by atoms with Crippen molar-refractivity contribution < 1.29 is 14.3 Å². The number of nitrogens with zero attached hydrogens (tertiary/aromatic N) is 4. The van der Waals surface area contributed by atoms with E-state index in [0.717, 1.165) is 51.0 Å². The lowest BCUT2D eigenvalue weighted by molar-refractivity contribution is 0.102. The lowest BCUT2D eigenvalue weighted by Gasteiger charge is -2.11. The van der Waals surface area contributed by atoms with Crippen molar-refractivity contribution in [2.75, 3.05) is 12.5 Å². The number of hydrogen-bond acceptors (Lipinski definition) is 7. The number of aromatic nitrogens is 4. The normalized spacial score (nSPS) is 12.5. The summed E-state index contributed by atoms with van der Waals surface area (Å²) >= 11 is 3.06. The highest BCUT2D eigenvalue weighted by molar-refractivity contribution is 7.99. The average Bonchev–Trinajstić information content (AvgIpc) is 3.57. The fourth-order valence-electron chi connectivity index (χ4n) is 3.94. The zero-order valence-corrected chi connectivity index (χ0v) is 19.6. The minimum atomic E-state index is 0.0680. The molecule has 5 rings (SSSR count). The van der Waals surface area contributed by atoms with E-state index in [9.17, 15) is 4.79 Å². The summed E-state index contributed by atoms with van der Waals surface area (Å²) < 4.78 is 15.1. The Bertz CT molecular complexity index is 1290. The monoisotopic (exact) mass is 466 g/mol. The molecule has 0 saturated heterocycles. The van der Waals surface area contributed by atoms with Crippen LogP contribution < -0.4 is 9.47 Å². The first-order valence-corrected chi connectivity index (χ1v) is 12.2. The maximum Gasteiger partial charge on any atom is 0.231 e. The number of ether oxygens (including phenoxy) is 2. The fourth-order valence-corrected chi connectivity index (χ4v) is 5.55. The second-order valence-corrected chi connectivity index (χ2v) is 9.29. The van der Waals surface area contributed by atoms with Crippen LogP contribution in [0.4, 0.5) is 0 Å². The Labute approximate surface area is 194 Å². The zero-order chi connectivity index (χ0) is 22.2. The molecule has 4 aromatic rings. The van der Waals surface area contributed by atoms with Gasteiger partial charge in [-0.2, -0.15) is 0 Å². The van der Waals surface area contributed by atoms with E-state index in [1.54, 1.807) is 11.3 Å². The van der Waals surface area contributed by atoms with E-state index in [0.29, 0.717) is 11.3 Å². The first-order valence-electron chi connectivity index (χ1n) is 10.3. The van der Waals surface area contributed by atoms with E-state index in [4.69, 9.17) is 9.47 Å². The van der Waals surface area contributed by atoms with Gasteiger partial charge in [0.25, 0.3) is 0 Å². The molecule has 0 saturated carbocycles. The smallest absolute Gasteiger partial charge is 0.231 e. The Kier molecular flexibility index (Phi) is 5.52. The Morgan fingerprint density at radius 1 is 1.16 bits per heavy atom. The van der Waals surface area contributed by atoms with Crippen LogP contribution >= 0.6 is 23.1 Å². The lowest BCUT2D eigenvalue weighted by atomic mass is 10.2. The van der Waals surface area contributed by atoms with E-state index < -0.39 is 0 Å². The first-order chi connectivity index (χ1) is 15.6. The summed E-state index contributed by atoms with van der Waals surface area (Å²) in [6.45, 7) is 7.02. The Hall–Kier alpha value is -3.04. The van der Waals surface area contributed by atoms with Crippen molar-refractivity contribution in [1.82, 2.24) is 19.3 Å². The van der Waals surface area contributed by atoms with Crippen LogP contribution in [0.5, 0.6) is 11.5 Å². The van der Waals surface area contributed by atoms with Crippen LogP contribution in [0.3, 0.4) is 0 Å². The molecular weight excluding hydrogens is 444 g/mol. The van der Waals surface area contributed by atoms with Crippen molar-refractivity contribution >= 4 is 28.9 Å². The molecule has 1 aliphatic heterocycles. The van der Waals surface area contributed by atoms with Gasteiger partial charge >= 0.3 is 0 Å². The Morgan fingerprint density at radius 2 is 2.00 bits per heavy atom. The molecule has 3 aromatic heterocycles. The highest BCUT2D eigenvalue weighted by Gasteiger charge is 2.21. The molecule has 164 valence electrons. The van der Waals surface area contributed by atoms with Crippen LogP contribution in [0.2, 0.25) is 0 Å². The molecule has 1 aromatic carbocycles. The van der Waals surface area contributed by atoms with Crippen molar-refractivity contribution in [2.24, 2.45) is 0 Å². The summed E-state index contributed by atoms with van der Waals surface area (Å²) in [5, 5.41) is 11.5. The molecule has 9 heteroatoms. The van der Waals surface area contributed by atoms with Gasteiger partial charge in [0.1, 0.15) is 0 Å². The molecule has 4 heterocycles. The molecule has 0 N–H and O–H groups in total. The molecular formula is C23H22N4O3S2. The minimum Gasteiger partial charge on any atom is -0.454 e. The second-order valence-electron chi connectivity index (χ2n) is 7.40. The van der Waals surface area contributed by atoms with Crippen molar-refractivity contribution in [3.05, 3.63) is 58.7 Å². The number of thioether (sulfide) groups is 1. The number of carbonyl (C=O) groups excluding carboxylic acids is 1. The van der Waals surface area contributed by atoms with Gasteiger partial charge in [0.15, 0.2) is 28.3 Å². The van der Waals surface area contributed by atoms with Gasteiger partial charge in [0.2, 0.25) is 6.79 Å². The molecule has 0 unspecified atom stereocenters. The first kappa shape index (κ1) is 20.8. The van der Waals surface area contributed by atoms with Gasteiger partial charge in [-0.05, 0) is 50.4 Å². The highest BCUT2D eigenvalue weighted by Crippen LogP contribution is 2.35. The van der Waals surface area contributed by atoms with Gasteiger partial charge in [-0.15, -0.1) is 21.5 Å². The number of aryl methyl sites for hydroxylation is 1. The number of hydrogen-bond donors (Lipinski definition) is 0. The summed E-state index contributed by atoms with van der Waals surface area (Å²) in [5.41, 5.74) is 3.56. The van der Waals surface area contributed by atoms with Crippen LogP contribution in [0, 0.1) is 13.8 Å². The Morgan fingerprint density at radius 3 is 2.78 bits per heavy atom. The lowest BCUT2D eigenvalue weighted by Crippen LogP contribution is -2.07. The molecule has 0 atom stereocenters. The predicted octanol–water partition coefficient (Wildman–Crippen LogP) is 5.14. The number of Topliss-reactive ketones (excluding diaryl/α,β-unsaturated/α-hetero) is 1. The molecule has 0 spiro atoms. The van der Waals surface area contributed by atoms with E-state index in [1.807, 2.05) is 55.6 Å². The van der Waals surface area contributed by atoms with Gasteiger partial charge in [0.05, 0.1) is 10.6 Å². The molecule has 0 radical (unpaired) electrons. The summed E-state index contributed by atoms with van der Waals surface area (Å²) in [6, 6.07) is 11.8. The fraction of sp³-hybridized carbons (Fsp3) is 0.261. The van der Waals surface area contributed by atoms with E-state index in [2.05, 4.69) is 26.3 Å². The van der Waals surface area contributed by atoms with E-state index in [1.165, 1.54) is 11.8 Å². The molecule has 7 nitrogen and oxygen atoms in total. The highest BCUT2D eigenvalue weighted by atomic mass is 32.2. The van der Waals surface area contributed by atoms with Crippen molar-refractivity contribution in [1.29, 1.82) is 0 Å². The van der Waals surface area contributed by atoms with Gasteiger partial charge in [-0.25, -0.2) is 0 Å². The van der Waals surface area contributed by atoms with Crippen LogP contribution in [-0.2, 0) is 6.54 Å². The van der Waals surface area contributed by atoms with Crippen LogP contribution in [-0.4, -0.2) is 37.7 Å². The largest absolute Gasteiger partial charge is 0.454 e. The van der Waals surface area contributed by atoms with E-state index in [-0.39, 0.29) is 12.6 Å². The predicted molar refractivity (Wildman–Crippen MR) is 125 cm³/mol. The molecule has 0 fully saturated rings. The number of thiophene rings is 1. The van der Waals surface area contributed by atoms with Crippen molar-refractivity contribution in [2.45, 2.75) is 32.5 Å². The third-order valence-corrected chi connectivity index (χ3v) is 7.29. The summed E-state index contributed by atoms with van der Waals surface area (Å²) in [5.74, 6) is 2.68. The van der Waals surface area contributed by atoms with Crippen molar-refractivity contribution in [3.63, 3.8) is 0 Å². The SMILES string of the molecule is CCn1c(SCC(=O)c2cc(C)n(-c3ccc4c(c3)OCO4)c2C)nnc1-c1cccs1. The summed E-state index contributed by atoms with van der Waals surface area (Å²) in [6.07, 6.45) is 0. The number of rotatable bonds is 7. The number of ketones is 1. The van der Waals surface area contributed by atoms with Gasteiger partial charge < -0.3 is 18.6 Å². The Balaban J connectivity index is 1.37. The van der Waals surface area contributed by atoms with Crippen LogP contribution in [0.15, 0.2) is 46.9 Å². The molecule has 32 heavy (non-hydrogen) atoms. The average molecular weight is 467 g/mol. The number of benzene rings is 1. The van der Waals surface area contributed by atoms with Gasteiger partial charge in [-0.3, -0.25) is 4.79 Å². The molecule has 0 aliphatic carbocycles. The van der Waals surface area contributed by atoms with Crippen LogP contribution in [0.1, 0.15) is 28.7 Å². The molecule has 1 aliphatic rings. The summed E-state index contributed by atoms with van der Waals surface area (Å²) in [4.78, 5) is 14.2. The van der Waals surface area contributed by atoms with Crippen molar-refractivity contribution in [3.8, 4) is 27.9 Å². The third kappa shape index (κ3) is 3.61. The topological polar surface area (TPSA) is 71.2 Å². The molecule has 0 amide bonds. The summed E-state index contributed by atoms with van der Waals surface area (Å²) in [7, 11) is 0. The second kappa shape index (κ2) is 8.48.